The van der Waals surface area contributed by atoms with Gasteiger partial charge in [0.15, 0.2) is 0 Å². The van der Waals surface area contributed by atoms with Gasteiger partial charge in [-0.2, -0.15) is 0 Å². The summed E-state index contributed by atoms with van der Waals surface area (Å²) >= 11 is 0. The van der Waals surface area contributed by atoms with Crippen molar-refractivity contribution < 1.29 is 4.74 Å². The third-order valence-electron chi connectivity index (χ3n) is 3.07. The average Bonchev–Trinajstić information content (AvgIpc) is 2.89. The minimum Gasteiger partial charge on any atom is -0.374 e. The fraction of sp³-hybridized carbons (Fsp3) is 1.00. The van der Waals surface area contributed by atoms with Crippen LogP contribution >= 0.6 is 0 Å². The van der Waals surface area contributed by atoms with Crippen LogP contribution in [0, 0.1) is 5.92 Å². The lowest BCUT2D eigenvalue weighted by molar-refractivity contribution is -0.0319. The van der Waals surface area contributed by atoms with Crippen molar-refractivity contribution in [2.75, 3.05) is 13.7 Å². The summed E-state index contributed by atoms with van der Waals surface area (Å²) in [5.74, 6) is 0.873. The highest BCUT2D eigenvalue weighted by molar-refractivity contribution is 4.86. The normalized spacial score (nSPS) is 20.3. The van der Waals surface area contributed by atoms with Crippen molar-refractivity contribution >= 4 is 0 Å². The quantitative estimate of drug-likeness (QED) is 0.685. The molecule has 1 saturated carbocycles. The van der Waals surface area contributed by atoms with Crippen molar-refractivity contribution in [1.29, 1.82) is 0 Å². The van der Waals surface area contributed by atoms with Crippen molar-refractivity contribution in [3.63, 3.8) is 0 Å². The molecule has 1 aliphatic carbocycles. The van der Waals surface area contributed by atoms with E-state index in [1.807, 2.05) is 7.05 Å². The van der Waals surface area contributed by atoms with Crippen LogP contribution in [0.25, 0.3) is 0 Å². The maximum Gasteiger partial charge on any atom is 0.0629 e. The zero-order valence-electron chi connectivity index (χ0n) is 9.39. The molecule has 1 unspecified atom stereocenters. The van der Waals surface area contributed by atoms with Crippen molar-refractivity contribution in [3.05, 3.63) is 0 Å². The zero-order chi connectivity index (χ0) is 9.90. The zero-order valence-corrected chi connectivity index (χ0v) is 9.39. The molecule has 1 fully saturated rings. The largest absolute Gasteiger partial charge is 0.374 e. The van der Waals surface area contributed by atoms with Gasteiger partial charge in [-0.1, -0.05) is 6.92 Å². The molecule has 0 saturated heterocycles. The van der Waals surface area contributed by atoms with E-state index in [2.05, 4.69) is 26.1 Å². The number of likely N-dealkylation sites (N-methyl/N-ethyl adjacent to an activating group) is 1. The van der Waals surface area contributed by atoms with E-state index in [9.17, 15) is 0 Å². The topological polar surface area (TPSA) is 21.3 Å². The van der Waals surface area contributed by atoms with Crippen molar-refractivity contribution in [1.82, 2.24) is 5.32 Å². The van der Waals surface area contributed by atoms with Gasteiger partial charge in [0.1, 0.15) is 0 Å². The van der Waals surface area contributed by atoms with Crippen LogP contribution in [0.15, 0.2) is 0 Å². The number of hydrogen-bond donors (Lipinski definition) is 1. The first-order valence-corrected chi connectivity index (χ1v) is 5.40. The van der Waals surface area contributed by atoms with Gasteiger partial charge in [0.05, 0.1) is 12.2 Å². The molecule has 1 N–H and O–H groups in total. The Morgan fingerprint density at radius 1 is 1.46 bits per heavy atom. The molecule has 1 rings (SSSR count). The summed E-state index contributed by atoms with van der Waals surface area (Å²) in [5, 5.41) is 3.34. The molecule has 2 nitrogen and oxygen atoms in total. The second-order valence-electron chi connectivity index (χ2n) is 4.66. The number of nitrogens with one attached hydrogen (secondary N) is 1. The second-order valence-corrected chi connectivity index (χ2v) is 4.66. The van der Waals surface area contributed by atoms with Crippen LogP contribution in [0.5, 0.6) is 0 Å². The van der Waals surface area contributed by atoms with E-state index in [-0.39, 0.29) is 5.60 Å². The Kier molecular flexibility index (Phi) is 3.74. The van der Waals surface area contributed by atoms with Gasteiger partial charge in [0, 0.05) is 6.04 Å². The molecule has 0 spiro atoms. The molecule has 0 aromatic carbocycles. The van der Waals surface area contributed by atoms with Gasteiger partial charge in [0.2, 0.25) is 0 Å². The number of hydrogen-bond acceptors (Lipinski definition) is 2. The van der Waals surface area contributed by atoms with Crippen LogP contribution in [0.4, 0.5) is 0 Å². The Balaban J connectivity index is 2.22. The number of ether oxygens (including phenoxy) is 1. The van der Waals surface area contributed by atoms with E-state index < -0.39 is 0 Å². The standard InChI is InChI=1S/C11H23NO/c1-5-11(2,3)13-8-10(12-4)9-6-7-9/h9-10,12H,5-8H2,1-4H3. The van der Waals surface area contributed by atoms with E-state index in [1.165, 1.54) is 12.8 Å². The first-order valence-electron chi connectivity index (χ1n) is 5.40. The third-order valence-corrected chi connectivity index (χ3v) is 3.07. The molecule has 0 aliphatic heterocycles. The molecule has 0 amide bonds. The summed E-state index contributed by atoms with van der Waals surface area (Å²) in [6.07, 6.45) is 3.83. The highest BCUT2D eigenvalue weighted by Crippen LogP contribution is 2.33. The Labute approximate surface area is 82.0 Å². The molecule has 0 radical (unpaired) electrons. The van der Waals surface area contributed by atoms with Gasteiger partial charge in [-0.15, -0.1) is 0 Å². The van der Waals surface area contributed by atoms with Crippen LogP contribution in [-0.2, 0) is 4.74 Å². The summed E-state index contributed by atoms with van der Waals surface area (Å²) in [7, 11) is 2.03. The maximum atomic E-state index is 5.87. The fourth-order valence-electron chi connectivity index (χ4n) is 1.37. The van der Waals surface area contributed by atoms with E-state index in [4.69, 9.17) is 4.74 Å². The Morgan fingerprint density at radius 3 is 2.46 bits per heavy atom. The van der Waals surface area contributed by atoms with Gasteiger partial charge < -0.3 is 10.1 Å². The molecule has 2 heteroatoms. The smallest absolute Gasteiger partial charge is 0.0629 e. The molecule has 0 aromatic heterocycles. The van der Waals surface area contributed by atoms with Crippen molar-refractivity contribution in [2.45, 2.75) is 51.7 Å². The van der Waals surface area contributed by atoms with E-state index in [0.717, 1.165) is 18.9 Å². The highest BCUT2D eigenvalue weighted by Gasteiger charge is 2.31. The van der Waals surface area contributed by atoms with E-state index in [1.54, 1.807) is 0 Å². The first kappa shape index (κ1) is 11.0. The Hall–Kier alpha value is -0.0800. The molecular weight excluding hydrogens is 162 g/mol. The summed E-state index contributed by atoms with van der Waals surface area (Å²) in [5.41, 5.74) is 0.0456. The lowest BCUT2D eigenvalue weighted by atomic mass is 10.1. The van der Waals surface area contributed by atoms with Gasteiger partial charge in [-0.3, -0.25) is 0 Å². The fourth-order valence-corrected chi connectivity index (χ4v) is 1.37. The molecular formula is C11H23NO. The second kappa shape index (κ2) is 4.43. The van der Waals surface area contributed by atoms with Crippen molar-refractivity contribution in [2.24, 2.45) is 5.92 Å². The van der Waals surface area contributed by atoms with E-state index in [0.29, 0.717) is 6.04 Å². The molecule has 1 aliphatic rings. The third kappa shape index (κ3) is 3.65. The molecule has 0 bridgehead atoms. The number of rotatable bonds is 6. The predicted molar refractivity (Wildman–Crippen MR) is 55.9 cm³/mol. The van der Waals surface area contributed by atoms with Crippen LogP contribution < -0.4 is 5.32 Å². The molecule has 0 aromatic rings. The van der Waals surface area contributed by atoms with Gasteiger partial charge >= 0.3 is 0 Å². The predicted octanol–water partition coefficient (Wildman–Crippen LogP) is 2.19. The first-order chi connectivity index (χ1) is 6.09. The highest BCUT2D eigenvalue weighted by atomic mass is 16.5. The van der Waals surface area contributed by atoms with Crippen LogP contribution in [0.1, 0.15) is 40.0 Å². The lowest BCUT2D eigenvalue weighted by Gasteiger charge is -2.26. The summed E-state index contributed by atoms with van der Waals surface area (Å²) in [6.45, 7) is 7.35. The van der Waals surface area contributed by atoms with Gasteiger partial charge in [0.25, 0.3) is 0 Å². The Morgan fingerprint density at radius 2 is 2.08 bits per heavy atom. The molecule has 0 heterocycles. The summed E-state index contributed by atoms with van der Waals surface area (Å²) < 4.78 is 5.87. The SMILES string of the molecule is CCC(C)(C)OCC(NC)C1CC1. The van der Waals surface area contributed by atoms with Gasteiger partial charge in [-0.25, -0.2) is 0 Å². The summed E-state index contributed by atoms with van der Waals surface area (Å²) in [6, 6.07) is 0.575. The van der Waals surface area contributed by atoms with Crippen LogP contribution in [0.2, 0.25) is 0 Å². The Bertz CT molecular complexity index is 152. The average molecular weight is 185 g/mol. The molecule has 13 heavy (non-hydrogen) atoms. The van der Waals surface area contributed by atoms with Crippen LogP contribution in [-0.4, -0.2) is 25.3 Å². The van der Waals surface area contributed by atoms with Crippen LogP contribution in [0.3, 0.4) is 0 Å². The monoisotopic (exact) mass is 185 g/mol. The molecule has 78 valence electrons. The minimum absolute atomic E-state index is 0.0456. The minimum atomic E-state index is 0.0456. The maximum absolute atomic E-state index is 5.87. The van der Waals surface area contributed by atoms with Crippen molar-refractivity contribution in [3.8, 4) is 0 Å². The molecule has 1 atom stereocenters. The van der Waals surface area contributed by atoms with Gasteiger partial charge in [-0.05, 0) is 46.1 Å². The van der Waals surface area contributed by atoms with E-state index >= 15 is 0 Å². The lowest BCUT2D eigenvalue weighted by Crippen LogP contribution is -2.36. The summed E-state index contributed by atoms with van der Waals surface area (Å²) in [4.78, 5) is 0.